The second kappa shape index (κ2) is 6.05. The third kappa shape index (κ3) is 2.68. The summed E-state index contributed by atoms with van der Waals surface area (Å²) in [5.74, 6) is -0.105. The number of hydrogen-bond acceptors (Lipinski definition) is 1. The molecule has 4 aromatic rings. The van der Waals surface area contributed by atoms with Crippen molar-refractivity contribution in [1.82, 2.24) is 4.98 Å². The predicted molar refractivity (Wildman–Crippen MR) is 98.1 cm³/mol. The SMILES string of the molecule is O=C(Nc1ccccc1)c1ccc(-c2c[nH]c3ccccc23)cc1. The number of aromatic nitrogens is 1. The fourth-order valence-corrected chi connectivity index (χ4v) is 2.84. The Hall–Kier alpha value is -3.33. The molecule has 4 rings (SSSR count). The van der Waals surface area contributed by atoms with E-state index in [1.165, 1.54) is 5.39 Å². The first-order valence-corrected chi connectivity index (χ1v) is 7.84. The van der Waals surface area contributed by atoms with Crippen LogP contribution < -0.4 is 5.32 Å². The van der Waals surface area contributed by atoms with Crippen LogP contribution >= 0.6 is 0 Å². The minimum absolute atomic E-state index is 0.105. The van der Waals surface area contributed by atoms with Gasteiger partial charge in [-0.3, -0.25) is 4.79 Å². The zero-order valence-corrected chi connectivity index (χ0v) is 13.0. The van der Waals surface area contributed by atoms with E-state index in [1.54, 1.807) is 0 Å². The molecule has 3 nitrogen and oxygen atoms in total. The lowest BCUT2D eigenvalue weighted by molar-refractivity contribution is 0.102. The maximum atomic E-state index is 12.3. The number of anilines is 1. The lowest BCUT2D eigenvalue weighted by Gasteiger charge is -2.06. The van der Waals surface area contributed by atoms with E-state index in [1.807, 2.05) is 72.9 Å². The standard InChI is InChI=1S/C21H16N2O/c24-21(23-17-6-2-1-3-7-17)16-12-10-15(11-13-16)19-14-22-20-9-5-4-8-18(19)20/h1-14,22H,(H,23,24). The van der Waals surface area contributed by atoms with Gasteiger partial charge in [0.05, 0.1) is 0 Å². The van der Waals surface area contributed by atoms with Crippen LogP contribution in [0, 0.1) is 0 Å². The van der Waals surface area contributed by atoms with Crippen molar-refractivity contribution in [2.24, 2.45) is 0 Å². The quantitative estimate of drug-likeness (QED) is 0.544. The molecule has 0 aliphatic heterocycles. The molecule has 1 aromatic heterocycles. The molecule has 0 saturated carbocycles. The summed E-state index contributed by atoms with van der Waals surface area (Å²) in [6.07, 6.45) is 2.00. The monoisotopic (exact) mass is 312 g/mol. The van der Waals surface area contributed by atoms with Crippen molar-refractivity contribution in [1.29, 1.82) is 0 Å². The number of aromatic amines is 1. The molecule has 3 aromatic carbocycles. The second-order valence-corrected chi connectivity index (χ2v) is 5.65. The van der Waals surface area contributed by atoms with E-state index in [-0.39, 0.29) is 5.91 Å². The summed E-state index contributed by atoms with van der Waals surface area (Å²) >= 11 is 0. The van der Waals surface area contributed by atoms with Gasteiger partial charge in [-0.05, 0) is 35.9 Å². The van der Waals surface area contributed by atoms with E-state index >= 15 is 0 Å². The normalized spacial score (nSPS) is 10.7. The molecular formula is C21H16N2O. The summed E-state index contributed by atoms with van der Waals surface area (Å²) in [4.78, 5) is 15.6. The van der Waals surface area contributed by atoms with Gasteiger partial charge in [-0.25, -0.2) is 0 Å². The van der Waals surface area contributed by atoms with Crippen molar-refractivity contribution in [3.63, 3.8) is 0 Å². The highest BCUT2D eigenvalue weighted by molar-refractivity contribution is 6.04. The Balaban J connectivity index is 1.60. The van der Waals surface area contributed by atoms with Crippen LogP contribution in [0.25, 0.3) is 22.0 Å². The number of hydrogen-bond donors (Lipinski definition) is 2. The minimum Gasteiger partial charge on any atom is -0.361 e. The van der Waals surface area contributed by atoms with Gasteiger partial charge in [0.2, 0.25) is 0 Å². The van der Waals surface area contributed by atoms with Crippen LogP contribution in [0.15, 0.2) is 85.1 Å². The number of nitrogens with one attached hydrogen (secondary N) is 2. The molecular weight excluding hydrogens is 296 g/mol. The summed E-state index contributed by atoms with van der Waals surface area (Å²) in [6.45, 7) is 0. The molecule has 0 spiro atoms. The third-order valence-corrected chi connectivity index (χ3v) is 4.08. The van der Waals surface area contributed by atoms with Crippen LogP contribution in [0.1, 0.15) is 10.4 Å². The van der Waals surface area contributed by atoms with Gasteiger partial charge in [-0.1, -0.05) is 48.5 Å². The molecule has 0 aliphatic carbocycles. The summed E-state index contributed by atoms with van der Waals surface area (Å²) < 4.78 is 0. The van der Waals surface area contributed by atoms with Gasteiger partial charge in [0, 0.05) is 33.9 Å². The maximum absolute atomic E-state index is 12.3. The van der Waals surface area contributed by atoms with Gasteiger partial charge in [0.25, 0.3) is 5.91 Å². The molecule has 0 unspecified atom stereocenters. The Morgan fingerprint density at radius 2 is 1.50 bits per heavy atom. The number of fused-ring (bicyclic) bond motifs is 1. The van der Waals surface area contributed by atoms with Crippen molar-refractivity contribution < 1.29 is 4.79 Å². The molecule has 0 radical (unpaired) electrons. The number of benzene rings is 3. The lowest BCUT2D eigenvalue weighted by Crippen LogP contribution is -2.11. The smallest absolute Gasteiger partial charge is 0.255 e. The van der Waals surface area contributed by atoms with E-state index < -0.39 is 0 Å². The molecule has 0 aliphatic rings. The fraction of sp³-hybridized carbons (Fsp3) is 0. The number of para-hydroxylation sites is 2. The zero-order valence-electron chi connectivity index (χ0n) is 13.0. The molecule has 1 amide bonds. The highest BCUT2D eigenvalue weighted by atomic mass is 16.1. The molecule has 0 fully saturated rings. The minimum atomic E-state index is -0.105. The summed E-state index contributed by atoms with van der Waals surface area (Å²) in [6, 6.07) is 25.3. The molecule has 1 heterocycles. The Morgan fingerprint density at radius 3 is 2.29 bits per heavy atom. The van der Waals surface area contributed by atoms with Crippen molar-refractivity contribution in [2.75, 3.05) is 5.32 Å². The van der Waals surface area contributed by atoms with Crippen molar-refractivity contribution in [3.05, 3.63) is 90.6 Å². The number of rotatable bonds is 3. The van der Waals surface area contributed by atoms with E-state index in [0.29, 0.717) is 5.56 Å². The Labute approximate surface area is 140 Å². The average Bonchev–Trinajstić information content (AvgIpc) is 3.07. The van der Waals surface area contributed by atoms with Gasteiger partial charge in [0.15, 0.2) is 0 Å². The van der Waals surface area contributed by atoms with Crippen LogP contribution in [0.2, 0.25) is 0 Å². The first-order valence-electron chi connectivity index (χ1n) is 7.84. The van der Waals surface area contributed by atoms with Crippen LogP contribution in [-0.4, -0.2) is 10.9 Å². The third-order valence-electron chi connectivity index (χ3n) is 4.08. The molecule has 3 heteroatoms. The summed E-state index contributed by atoms with van der Waals surface area (Å²) in [5.41, 5.74) is 4.77. The van der Waals surface area contributed by atoms with Crippen molar-refractivity contribution in [3.8, 4) is 11.1 Å². The maximum Gasteiger partial charge on any atom is 0.255 e. The van der Waals surface area contributed by atoms with Crippen LogP contribution in [0.5, 0.6) is 0 Å². The van der Waals surface area contributed by atoms with Crippen molar-refractivity contribution in [2.45, 2.75) is 0 Å². The fourth-order valence-electron chi connectivity index (χ4n) is 2.84. The van der Waals surface area contributed by atoms with Gasteiger partial charge in [-0.2, -0.15) is 0 Å². The zero-order chi connectivity index (χ0) is 16.4. The van der Waals surface area contributed by atoms with E-state index in [9.17, 15) is 4.79 Å². The molecule has 0 atom stereocenters. The van der Waals surface area contributed by atoms with Crippen LogP contribution in [0.4, 0.5) is 5.69 Å². The number of amides is 1. The highest BCUT2D eigenvalue weighted by Gasteiger charge is 2.08. The van der Waals surface area contributed by atoms with Crippen molar-refractivity contribution >= 4 is 22.5 Å². The largest absolute Gasteiger partial charge is 0.361 e. The van der Waals surface area contributed by atoms with Gasteiger partial charge in [-0.15, -0.1) is 0 Å². The van der Waals surface area contributed by atoms with Crippen LogP contribution in [0.3, 0.4) is 0 Å². The Bertz CT molecular complexity index is 985. The summed E-state index contributed by atoms with van der Waals surface area (Å²) in [5, 5.41) is 4.08. The first kappa shape index (κ1) is 14.3. The molecule has 24 heavy (non-hydrogen) atoms. The Morgan fingerprint density at radius 1 is 0.792 bits per heavy atom. The first-order chi connectivity index (χ1) is 11.8. The van der Waals surface area contributed by atoms with Gasteiger partial charge in [0.1, 0.15) is 0 Å². The highest BCUT2D eigenvalue weighted by Crippen LogP contribution is 2.28. The van der Waals surface area contributed by atoms with Gasteiger partial charge >= 0.3 is 0 Å². The second-order valence-electron chi connectivity index (χ2n) is 5.65. The van der Waals surface area contributed by atoms with E-state index in [4.69, 9.17) is 0 Å². The van der Waals surface area contributed by atoms with E-state index in [2.05, 4.69) is 22.4 Å². The Kier molecular flexibility index (Phi) is 3.60. The molecule has 2 N–H and O–H groups in total. The number of H-pyrrole nitrogens is 1. The van der Waals surface area contributed by atoms with Gasteiger partial charge < -0.3 is 10.3 Å². The van der Waals surface area contributed by atoms with E-state index in [0.717, 1.165) is 22.3 Å². The molecule has 0 bridgehead atoms. The average molecular weight is 312 g/mol. The summed E-state index contributed by atoms with van der Waals surface area (Å²) in [7, 11) is 0. The molecule has 0 saturated heterocycles. The number of carbonyl (C=O) groups excluding carboxylic acids is 1. The topological polar surface area (TPSA) is 44.9 Å². The molecule has 116 valence electrons. The predicted octanol–water partition coefficient (Wildman–Crippen LogP) is 5.09. The van der Waals surface area contributed by atoms with Crippen LogP contribution in [-0.2, 0) is 0 Å². The lowest BCUT2D eigenvalue weighted by atomic mass is 10.0. The number of carbonyl (C=O) groups is 1.